The van der Waals surface area contributed by atoms with Crippen LogP contribution in [0.2, 0.25) is 0 Å². The molecule has 0 bridgehead atoms. The van der Waals surface area contributed by atoms with Crippen LogP contribution >= 0.6 is 15.9 Å². The second-order valence-corrected chi connectivity index (χ2v) is 5.67. The molecular weight excluding hydrogens is 250 g/mol. The van der Waals surface area contributed by atoms with Gasteiger partial charge in [-0.1, -0.05) is 48.0 Å². The van der Waals surface area contributed by atoms with Crippen LogP contribution in [0.4, 0.5) is 0 Å². The molecule has 2 rings (SSSR count). The molecule has 80 valence electrons. The maximum Gasteiger partial charge on any atom is 0.0382 e. The number of hydrogen-bond donors (Lipinski definition) is 1. The molecule has 1 nitrogen and oxygen atoms in total. The Morgan fingerprint density at radius 2 is 2.07 bits per heavy atom. The van der Waals surface area contributed by atoms with E-state index in [9.17, 15) is 0 Å². The highest BCUT2D eigenvalue weighted by molar-refractivity contribution is 9.10. The van der Waals surface area contributed by atoms with Gasteiger partial charge in [0.15, 0.2) is 0 Å². The molecule has 0 aliphatic carbocycles. The Kier molecular flexibility index (Phi) is 2.63. The van der Waals surface area contributed by atoms with Crippen LogP contribution in [0.15, 0.2) is 28.7 Å². The minimum atomic E-state index is 0.268. The Bertz CT molecular complexity index is 419. The topological polar surface area (TPSA) is 12.0 Å². The minimum Gasteiger partial charge on any atom is -0.384 e. The monoisotopic (exact) mass is 265 g/mol. The fourth-order valence-corrected chi connectivity index (χ4v) is 2.25. The van der Waals surface area contributed by atoms with Gasteiger partial charge >= 0.3 is 0 Å². The van der Waals surface area contributed by atoms with E-state index in [0.717, 1.165) is 6.54 Å². The third-order valence-electron chi connectivity index (χ3n) is 2.83. The van der Waals surface area contributed by atoms with Gasteiger partial charge in [-0.3, -0.25) is 0 Å². The summed E-state index contributed by atoms with van der Waals surface area (Å²) < 4.78 is 1.17. The molecule has 1 aromatic rings. The summed E-state index contributed by atoms with van der Waals surface area (Å²) >= 11 is 3.57. The van der Waals surface area contributed by atoms with E-state index < -0.39 is 0 Å². The van der Waals surface area contributed by atoms with Crippen LogP contribution in [-0.4, -0.2) is 6.54 Å². The Labute approximate surface area is 99.7 Å². The predicted molar refractivity (Wildman–Crippen MR) is 68.6 cm³/mol. The summed E-state index contributed by atoms with van der Waals surface area (Å²) in [5, 5.41) is 3.47. The molecule has 1 aromatic carbocycles. The standard InChI is InChI=1S/C13H16BrN/c1-9-10(5-4-6-11(9)14)12-7-13(2,3)8-15-12/h4-7,15H,8H2,1-3H3. The van der Waals surface area contributed by atoms with Crippen molar-refractivity contribution >= 4 is 21.6 Å². The largest absolute Gasteiger partial charge is 0.384 e. The fraction of sp³-hybridized carbons (Fsp3) is 0.385. The highest BCUT2D eigenvalue weighted by Crippen LogP contribution is 2.31. The van der Waals surface area contributed by atoms with Crippen molar-refractivity contribution in [1.82, 2.24) is 5.32 Å². The van der Waals surface area contributed by atoms with Crippen molar-refractivity contribution in [3.63, 3.8) is 0 Å². The molecule has 0 aromatic heterocycles. The van der Waals surface area contributed by atoms with E-state index >= 15 is 0 Å². The van der Waals surface area contributed by atoms with E-state index in [-0.39, 0.29) is 5.41 Å². The number of nitrogens with one attached hydrogen (secondary N) is 1. The molecule has 1 aliphatic heterocycles. The highest BCUT2D eigenvalue weighted by Gasteiger charge is 2.23. The lowest BCUT2D eigenvalue weighted by Gasteiger charge is -2.11. The fourth-order valence-electron chi connectivity index (χ4n) is 1.89. The van der Waals surface area contributed by atoms with Gasteiger partial charge in [-0.05, 0) is 18.6 Å². The smallest absolute Gasteiger partial charge is 0.0382 e. The number of benzene rings is 1. The zero-order valence-corrected chi connectivity index (χ0v) is 11.0. The number of hydrogen-bond acceptors (Lipinski definition) is 1. The Morgan fingerprint density at radius 3 is 2.67 bits per heavy atom. The van der Waals surface area contributed by atoms with E-state index in [1.165, 1.54) is 21.3 Å². The molecule has 0 saturated heterocycles. The van der Waals surface area contributed by atoms with Crippen molar-refractivity contribution in [1.29, 1.82) is 0 Å². The van der Waals surface area contributed by atoms with E-state index in [0.29, 0.717) is 0 Å². The van der Waals surface area contributed by atoms with E-state index in [4.69, 9.17) is 0 Å². The summed E-state index contributed by atoms with van der Waals surface area (Å²) in [6.45, 7) is 7.67. The normalized spacial score (nSPS) is 18.5. The van der Waals surface area contributed by atoms with Crippen molar-refractivity contribution in [3.8, 4) is 0 Å². The summed E-state index contributed by atoms with van der Waals surface area (Å²) in [5.74, 6) is 0. The first-order valence-corrected chi connectivity index (χ1v) is 6.01. The highest BCUT2D eigenvalue weighted by atomic mass is 79.9. The molecule has 1 heterocycles. The third kappa shape index (κ3) is 2.10. The van der Waals surface area contributed by atoms with E-state index in [2.05, 4.69) is 66.3 Å². The summed E-state index contributed by atoms with van der Waals surface area (Å²) in [6.07, 6.45) is 2.32. The zero-order valence-electron chi connectivity index (χ0n) is 9.39. The number of rotatable bonds is 1. The van der Waals surface area contributed by atoms with Crippen molar-refractivity contribution < 1.29 is 0 Å². The molecule has 1 N–H and O–H groups in total. The lowest BCUT2D eigenvalue weighted by Crippen LogP contribution is -2.17. The van der Waals surface area contributed by atoms with Gasteiger partial charge in [0.2, 0.25) is 0 Å². The van der Waals surface area contributed by atoms with Gasteiger partial charge < -0.3 is 5.32 Å². The van der Waals surface area contributed by atoms with Gasteiger partial charge in [-0.2, -0.15) is 0 Å². The van der Waals surface area contributed by atoms with Crippen LogP contribution < -0.4 is 5.32 Å². The first-order valence-electron chi connectivity index (χ1n) is 5.22. The Hall–Kier alpha value is -0.760. The lowest BCUT2D eigenvalue weighted by molar-refractivity contribution is 0.497. The third-order valence-corrected chi connectivity index (χ3v) is 3.69. The van der Waals surface area contributed by atoms with E-state index in [1.807, 2.05) is 0 Å². The Balaban J connectivity index is 2.44. The maximum absolute atomic E-state index is 3.57. The summed E-state index contributed by atoms with van der Waals surface area (Å²) in [5.41, 5.74) is 4.13. The van der Waals surface area contributed by atoms with Crippen LogP contribution in [0.5, 0.6) is 0 Å². The van der Waals surface area contributed by atoms with Crippen LogP contribution in [0.1, 0.15) is 25.0 Å². The summed E-state index contributed by atoms with van der Waals surface area (Å²) in [6, 6.07) is 6.33. The average Bonchev–Trinajstić information content (AvgIpc) is 2.51. The van der Waals surface area contributed by atoms with Gasteiger partial charge in [0, 0.05) is 27.7 Å². The molecule has 0 atom stereocenters. The zero-order chi connectivity index (χ0) is 11.1. The summed E-state index contributed by atoms with van der Waals surface area (Å²) in [7, 11) is 0. The first-order chi connectivity index (χ1) is 6.99. The van der Waals surface area contributed by atoms with Gasteiger partial charge in [0.25, 0.3) is 0 Å². The van der Waals surface area contributed by atoms with Crippen molar-refractivity contribution in [2.45, 2.75) is 20.8 Å². The summed E-state index contributed by atoms with van der Waals surface area (Å²) in [4.78, 5) is 0. The quantitative estimate of drug-likeness (QED) is 0.816. The van der Waals surface area contributed by atoms with Crippen molar-refractivity contribution in [3.05, 3.63) is 39.9 Å². The van der Waals surface area contributed by atoms with Crippen LogP contribution in [0.3, 0.4) is 0 Å². The van der Waals surface area contributed by atoms with Crippen LogP contribution in [0.25, 0.3) is 5.70 Å². The lowest BCUT2D eigenvalue weighted by atomic mass is 9.94. The molecule has 0 unspecified atom stereocenters. The van der Waals surface area contributed by atoms with Crippen molar-refractivity contribution in [2.24, 2.45) is 5.41 Å². The molecule has 15 heavy (non-hydrogen) atoms. The SMILES string of the molecule is Cc1c(Br)cccc1C1=CC(C)(C)CN1. The molecule has 0 spiro atoms. The van der Waals surface area contributed by atoms with Gasteiger partial charge in [-0.25, -0.2) is 0 Å². The average molecular weight is 266 g/mol. The Morgan fingerprint density at radius 1 is 1.33 bits per heavy atom. The maximum atomic E-state index is 3.57. The second-order valence-electron chi connectivity index (χ2n) is 4.81. The molecule has 0 saturated carbocycles. The van der Waals surface area contributed by atoms with Gasteiger partial charge in [-0.15, -0.1) is 0 Å². The molecule has 2 heteroatoms. The molecule has 0 radical (unpaired) electrons. The molecule has 1 aliphatic rings. The number of halogens is 1. The molecule has 0 fully saturated rings. The second kappa shape index (κ2) is 3.67. The first kappa shape index (κ1) is 10.7. The van der Waals surface area contributed by atoms with Gasteiger partial charge in [0.05, 0.1) is 0 Å². The van der Waals surface area contributed by atoms with Gasteiger partial charge in [0.1, 0.15) is 0 Å². The van der Waals surface area contributed by atoms with Crippen molar-refractivity contribution in [2.75, 3.05) is 6.54 Å². The molecular formula is C13H16BrN. The van der Waals surface area contributed by atoms with Crippen LogP contribution in [-0.2, 0) is 0 Å². The van der Waals surface area contributed by atoms with E-state index in [1.54, 1.807) is 0 Å². The predicted octanol–water partition coefficient (Wildman–Crippen LogP) is 3.73. The van der Waals surface area contributed by atoms with Crippen LogP contribution in [0, 0.1) is 12.3 Å². The minimum absolute atomic E-state index is 0.268. The molecule has 0 amide bonds.